The molecular weight excluding hydrogens is 221 g/mol. The summed E-state index contributed by atoms with van der Waals surface area (Å²) in [5, 5.41) is 3.03. The lowest BCUT2D eigenvalue weighted by molar-refractivity contribution is 0.0521. The van der Waals surface area contributed by atoms with Crippen LogP contribution in [-0.4, -0.2) is 19.1 Å². The molecule has 1 fully saturated rings. The second-order valence-corrected chi connectivity index (χ2v) is 4.21. The molecule has 0 amide bonds. The number of rotatable bonds is 5. The summed E-state index contributed by atoms with van der Waals surface area (Å²) in [4.78, 5) is 11.5. The van der Waals surface area contributed by atoms with Crippen LogP contribution in [0.4, 0.5) is 10.1 Å². The molecule has 0 atom stereocenters. The molecule has 1 aliphatic carbocycles. The van der Waals surface area contributed by atoms with Crippen molar-refractivity contribution in [2.45, 2.75) is 19.8 Å². The molecule has 0 aliphatic heterocycles. The zero-order chi connectivity index (χ0) is 12.3. The zero-order valence-electron chi connectivity index (χ0n) is 9.83. The minimum Gasteiger partial charge on any atom is -0.462 e. The summed E-state index contributed by atoms with van der Waals surface area (Å²) >= 11 is 0. The van der Waals surface area contributed by atoms with Crippen molar-refractivity contribution in [2.24, 2.45) is 5.92 Å². The van der Waals surface area contributed by atoms with Gasteiger partial charge in [0.1, 0.15) is 0 Å². The minimum atomic E-state index is -0.611. The van der Waals surface area contributed by atoms with Crippen LogP contribution in [-0.2, 0) is 4.74 Å². The Bertz CT molecular complexity index is 416. The Morgan fingerprint density at radius 2 is 2.29 bits per heavy atom. The van der Waals surface area contributed by atoms with Crippen LogP contribution < -0.4 is 5.32 Å². The summed E-state index contributed by atoms with van der Waals surface area (Å²) in [7, 11) is 0. The summed E-state index contributed by atoms with van der Waals surface area (Å²) in [5.74, 6) is -0.479. The molecule has 0 unspecified atom stereocenters. The molecule has 4 heteroatoms. The fraction of sp³-hybridized carbons (Fsp3) is 0.462. The van der Waals surface area contributed by atoms with Gasteiger partial charge in [-0.05, 0) is 37.8 Å². The van der Waals surface area contributed by atoms with Crippen molar-refractivity contribution in [3.63, 3.8) is 0 Å². The zero-order valence-corrected chi connectivity index (χ0v) is 9.83. The van der Waals surface area contributed by atoms with Crippen molar-refractivity contribution in [3.05, 3.63) is 29.6 Å². The number of esters is 1. The molecule has 0 saturated heterocycles. The van der Waals surface area contributed by atoms with Gasteiger partial charge in [0.15, 0.2) is 5.82 Å². The van der Waals surface area contributed by atoms with Gasteiger partial charge in [0.05, 0.1) is 17.9 Å². The number of carbonyl (C=O) groups is 1. The molecule has 1 aromatic rings. The molecule has 1 aliphatic rings. The monoisotopic (exact) mass is 237 g/mol. The first kappa shape index (κ1) is 11.9. The number of ether oxygens (including phenoxy) is 1. The van der Waals surface area contributed by atoms with Crippen LogP contribution in [0, 0.1) is 11.7 Å². The van der Waals surface area contributed by atoms with Gasteiger partial charge in [-0.25, -0.2) is 9.18 Å². The predicted octanol–water partition coefficient (Wildman–Crippen LogP) is 2.82. The van der Waals surface area contributed by atoms with E-state index in [0.29, 0.717) is 11.6 Å². The molecule has 0 spiro atoms. The highest BCUT2D eigenvalue weighted by atomic mass is 19.1. The van der Waals surface area contributed by atoms with Gasteiger partial charge >= 0.3 is 5.97 Å². The molecule has 2 rings (SSSR count). The summed E-state index contributed by atoms with van der Waals surface area (Å²) in [6.07, 6.45) is 2.40. The summed E-state index contributed by atoms with van der Waals surface area (Å²) in [5.41, 5.74) is 0.370. The van der Waals surface area contributed by atoms with E-state index in [1.165, 1.54) is 18.9 Å². The van der Waals surface area contributed by atoms with E-state index in [1.807, 2.05) is 0 Å². The van der Waals surface area contributed by atoms with Crippen molar-refractivity contribution in [3.8, 4) is 0 Å². The summed E-state index contributed by atoms with van der Waals surface area (Å²) < 4.78 is 18.7. The third-order valence-corrected chi connectivity index (χ3v) is 2.77. The first-order chi connectivity index (χ1) is 8.22. The Hall–Kier alpha value is -1.58. The normalized spacial score (nSPS) is 14.5. The van der Waals surface area contributed by atoms with E-state index in [9.17, 15) is 9.18 Å². The van der Waals surface area contributed by atoms with Crippen molar-refractivity contribution in [2.75, 3.05) is 18.5 Å². The van der Waals surface area contributed by atoms with Crippen molar-refractivity contribution in [1.29, 1.82) is 0 Å². The molecule has 1 aromatic carbocycles. The third kappa shape index (κ3) is 2.96. The number of halogens is 1. The van der Waals surface area contributed by atoms with Gasteiger partial charge in [-0.3, -0.25) is 0 Å². The van der Waals surface area contributed by atoms with E-state index in [1.54, 1.807) is 19.1 Å². The summed E-state index contributed by atoms with van der Waals surface area (Å²) in [6.45, 7) is 2.71. The molecule has 0 radical (unpaired) electrons. The predicted molar refractivity (Wildman–Crippen MR) is 63.6 cm³/mol. The van der Waals surface area contributed by atoms with Crippen molar-refractivity contribution in [1.82, 2.24) is 0 Å². The van der Waals surface area contributed by atoms with E-state index < -0.39 is 11.8 Å². The highest BCUT2D eigenvalue weighted by Crippen LogP contribution is 2.29. The molecular formula is C13H16FNO2. The Morgan fingerprint density at radius 1 is 1.53 bits per heavy atom. The van der Waals surface area contributed by atoms with E-state index >= 15 is 0 Å². The maximum absolute atomic E-state index is 14.0. The quantitative estimate of drug-likeness (QED) is 0.800. The second-order valence-electron chi connectivity index (χ2n) is 4.21. The largest absolute Gasteiger partial charge is 0.462 e. The van der Waals surface area contributed by atoms with E-state index in [0.717, 1.165) is 6.54 Å². The average Bonchev–Trinajstić information content (AvgIpc) is 3.12. The van der Waals surface area contributed by atoms with E-state index in [4.69, 9.17) is 4.74 Å². The van der Waals surface area contributed by atoms with Crippen LogP contribution in [0.5, 0.6) is 0 Å². The Balaban J connectivity index is 2.10. The fourth-order valence-corrected chi connectivity index (χ4v) is 1.61. The number of benzene rings is 1. The van der Waals surface area contributed by atoms with E-state index in [2.05, 4.69) is 5.32 Å². The Morgan fingerprint density at radius 3 is 2.94 bits per heavy atom. The number of carbonyl (C=O) groups excluding carboxylic acids is 1. The molecule has 92 valence electrons. The van der Waals surface area contributed by atoms with Crippen molar-refractivity contribution < 1.29 is 13.9 Å². The molecule has 0 bridgehead atoms. The van der Waals surface area contributed by atoms with Crippen LogP contribution in [0.15, 0.2) is 18.2 Å². The average molecular weight is 237 g/mol. The Kier molecular flexibility index (Phi) is 3.61. The topological polar surface area (TPSA) is 38.3 Å². The lowest BCUT2D eigenvalue weighted by Gasteiger charge is -2.09. The Labute approximate surface area is 100.0 Å². The number of hydrogen-bond donors (Lipinski definition) is 1. The van der Waals surface area contributed by atoms with E-state index in [-0.39, 0.29) is 12.2 Å². The van der Waals surface area contributed by atoms with Gasteiger partial charge in [0.2, 0.25) is 0 Å². The summed E-state index contributed by atoms with van der Waals surface area (Å²) in [6, 6.07) is 4.74. The van der Waals surface area contributed by atoms with Crippen LogP contribution >= 0.6 is 0 Å². The number of anilines is 1. The third-order valence-electron chi connectivity index (χ3n) is 2.77. The first-order valence-electron chi connectivity index (χ1n) is 5.92. The van der Waals surface area contributed by atoms with Gasteiger partial charge in [0, 0.05) is 6.54 Å². The smallest absolute Gasteiger partial charge is 0.341 e. The SMILES string of the molecule is CCOC(=O)c1cccc(NCC2CC2)c1F. The first-order valence-corrected chi connectivity index (χ1v) is 5.92. The van der Waals surface area contributed by atoms with Crippen LogP contribution in [0.3, 0.4) is 0 Å². The molecule has 0 aromatic heterocycles. The van der Waals surface area contributed by atoms with Crippen LogP contribution in [0.2, 0.25) is 0 Å². The maximum atomic E-state index is 14.0. The second kappa shape index (κ2) is 5.17. The molecule has 17 heavy (non-hydrogen) atoms. The highest BCUT2D eigenvalue weighted by molar-refractivity contribution is 5.91. The van der Waals surface area contributed by atoms with Gasteiger partial charge in [-0.15, -0.1) is 0 Å². The van der Waals surface area contributed by atoms with Gasteiger partial charge in [-0.1, -0.05) is 6.07 Å². The van der Waals surface area contributed by atoms with Crippen LogP contribution in [0.25, 0.3) is 0 Å². The van der Waals surface area contributed by atoms with Gasteiger partial charge in [-0.2, -0.15) is 0 Å². The molecule has 0 heterocycles. The number of hydrogen-bond acceptors (Lipinski definition) is 3. The molecule has 1 N–H and O–H groups in total. The maximum Gasteiger partial charge on any atom is 0.341 e. The lowest BCUT2D eigenvalue weighted by atomic mass is 10.2. The van der Waals surface area contributed by atoms with Gasteiger partial charge < -0.3 is 10.1 Å². The molecule has 3 nitrogen and oxygen atoms in total. The minimum absolute atomic E-state index is 0.00681. The van der Waals surface area contributed by atoms with Crippen molar-refractivity contribution >= 4 is 11.7 Å². The van der Waals surface area contributed by atoms with Gasteiger partial charge in [0.25, 0.3) is 0 Å². The fourth-order valence-electron chi connectivity index (χ4n) is 1.61. The molecule has 1 saturated carbocycles. The highest BCUT2D eigenvalue weighted by Gasteiger charge is 2.22. The number of nitrogens with one attached hydrogen (secondary N) is 1. The standard InChI is InChI=1S/C13H16FNO2/c1-2-17-13(16)10-4-3-5-11(12(10)14)15-8-9-6-7-9/h3-5,9,15H,2,6-8H2,1H3. The lowest BCUT2D eigenvalue weighted by Crippen LogP contribution is -2.11. The van der Waals surface area contributed by atoms with Crippen LogP contribution in [0.1, 0.15) is 30.1 Å².